The van der Waals surface area contributed by atoms with E-state index in [-0.39, 0.29) is 25.0 Å². The molecule has 1 amide bonds. The van der Waals surface area contributed by atoms with Gasteiger partial charge in [-0.2, -0.15) is 13.2 Å². The Morgan fingerprint density at radius 1 is 0.905 bits per heavy atom. The first-order valence-electron chi connectivity index (χ1n) is 13.7. The van der Waals surface area contributed by atoms with Gasteiger partial charge in [0, 0.05) is 43.2 Å². The van der Waals surface area contributed by atoms with Crippen LogP contribution in [0.1, 0.15) is 34.1 Å². The molecular weight excluding hydrogens is 543 g/mol. The maximum absolute atomic E-state index is 13.2. The van der Waals surface area contributed by atoms with Gasteiger partial charge in [-0.1, -0.05) is 60.7 Å². The second-order valence-corrected chi connectivity index (χ2v) is 10.1. The molecule has 0 radical (unpaired) electrons. The zero-order valence-corrected chi connectivity index (χ0v) is 23.1. The number of anilines is 2. The second-order valence-electron chi connectivity index (χ2n) is 10.1. The van der Waals surface area contributed by atoms with Crippen molar-refractivity contribution in [1.82, 2.24) is 4.90 Å². The number of ether oxygens (including phenoxy) is 2. The van der Waals surface area contributed by atoms with Crippen LogP contribution in [-0.4, -0.2) is 43.8 Å². The zero-order chi connectivity index (χ0) is 29.5. The van der Waals surface area contributed by atoms with Gasteiger partial charge in [0.15, 0.2) is 0 Å². The van der Waals surface area contributed by atoms with Gasteiger partial charge in [-0.3, -0.25) is 9.69 Å². The fourth-order valence-electron chi connectivity index (χ4n) is 5.14. The Labute approximate surface area is 243 Å². The van der Waals surface area contributed by atoms with Gasteiger partial charge in [-0.05, 0) is 65.6 Å². The number of hydrogen-bond acceptors (Lipinski definition) is 5. The molecule has 1 aliphatic rings. The van der Waals surface area contributed by atoms with Crippen molar-refractivity contribution in [1.29, 1.82) is 0 Å². The van der Waals surface area contributed by atoms with E-state index in [0.29, 0.717) is 22.4 Å². The van der Waals surface area contributed by atoms with Crippen molar-refractivity contribution >= 4 is 17.3 Å². The largest absolute Gasteiger partial charge is 0.416 e. The molecule has 1 saturated heterocycles. The van der Waals surface area contributed by atoms with Crippen molar-refractivity contribution in [2.24, 2.45) is 0 Å². The molecule has 42 heavy (non-hydrogen) atoms. The summed E-state index contributed by atoms with van der Waals surface area (Å²) in [7, 11) is 1.61. The molecule has 2 N–H and O–H groups in total. The summed E-state index contributed by atoms with van der Waals surface area (Å²) >= 11 is 0. The van der Waals surface area contributed by atoms with Crippen LogP contribution >= 0.6 is 0 Å². The third-order valence-corrected chi connectivity index (χ3v) is 7.19. The summed E-state index contributed by atoms with van der Waals surface area (Å²) < 4.78 is 50.1. The van der Waals surface area contributed by atoms with Crippen molar-refractivity contribution < 1.29 is 27.4 Å². The van der Waals surface area contributed by atoms with Gasteiger partial charge >= 0.3 is 6.18 Å². The summed E-state index contributed by atoms with van der Waals surface area (Å²) in [5, 5.41) is 6.47. The van der Waals surface area contributed by atoms with Crippen molar-refractivity contribution in [3.63, 3.8) is 0 Å². The molecule has 2 atom stereocenters. The van der Waals surface area contributed by atoms with Crippen molar-refractivity contribution in [2.75, 3.05) is 37.6 Å². The molecule has 4 aromatic rings. The first-order valence-corrected chi connectivity index (χ1v) is 13.7. The summed E-state index contributed by atoms with van der Waals surface area (Å²) in [5.74, 6) is -0.347. The minimum atomic E-state index is -4.42. The minimum Gasteiger partial charge on any atom is -0.381 e. The fourth-order valence-corrected chi connectivity index (χ4v) is 5.14. The van der Waals surface area contributed by atoms with E-state index in [9.17, 15) is 18.0 Å². The number of amides is 1. The van der Waals surface area contributed by atoms with Crippen LogP contribution in [-0.2, 0) is 15.7 Å². The number of carbonyl (C=O) groups is 1. The van der Waals surface area contributed by atoms with Crippen LogP contribution in [0.25, 0.3) is 11.1 Å². The molecule has 4 aromatic carbocycles. The van der Waals surface area contributed by atoms with Crippen LogP contribution in [0.5, 0.6) is 0 Å². The summed E-state index contributed by atoms with van der Waals surface area (Å²) in [4.78, 5) is 15.4. The number of alkyl halides is 3. The second kappa shape index (κ2) is 13.2. The predicted octanol–water partition coefficient (Wildman–Crippen LogP) is 7.43. The summed E-state index contributed by atoms with van der Waals surface area (Å²) in [6.07, 6.45) is -3.67. The van der Waals surface area contributed by atoms with Crippen LogP contribution in [0.4, 0.5) is 24.5 Å². The molecule has 218 valence electrons. The Hall–Kier alpha value is -4.18. The topological polar surface area (TPSA) is 62.8 Å². The highest BCUT2D eigenvalue weighted by atomic mass is 19.4. The van der Waals surface area contributed by atoms with Crippen molar-refractivity contribution in [2.45, 2.75) is 24.9 Å². The Bertz CT molecular complexity index is 1460. The standard InChI is InChI=1S/C33H32F3N3O3/c1-41-22-42-32(24-7-3-2-4-8-24)39-20-19-28(21-39)37-26-15-17-27(18-16-26)38-31(40)30-10-6-5-9-29(30)23-11-13-25(14-12-23)33(34,35)36/h2-18,28,32,37H,19-22H2,1H3,(H,38,40). The van der Waals surface area contributed by atoms with Gasteiger partial charge in [-0.25, -0.2) is 0 Å². The Morgan fingerprint density at radius 2 is 1.57 bits per heavy atom. The normalized spacial score (nSPS) is 16.2. The number of benzene rings is 4. The van der Waals surface area contributed by atoms with Crippen LogP contribution in [0.3, 0.4) is 0 Å². The average Bonchev–Trinajstić information content (AvgIpc) is 3.46. The summed E-state index contributed by atoms with van der Waals surface area (Å²) in [5.41, 5.74) is 3.33. The molecule has 0 aromatic heterocycles. The van der Waals surface area contributed by atoms with Crippen molar-refractivity contribution in [3.05, 3.63) is 120 Å². The lowest BCUT2D eigenvalue weighted by Crippen LogP contribution is -2.31. The van der Waals surface area contributed by atoms with E-state index in [1.54, 1.807) is 31.4 Å². The lowest BCUT2D eigenvalue weighted by atomic mass is 9.98. The molecule has 9 heteroatoms. The van der Waals surface area contributed by atoms with Gasteiger partial charge in [-0.15, -0.1) is 0 Å². The monoisotopic (exact) mass is 575 g/mol. The Balaban J connectivity index is 1.21. The van der Waals surface area contributed by atoms with Crippen LogP contribution in [0, 0.1) is 0 Å². The number of nitrogens with zero attached hydrogens (tertiary/aromatic N) is 1. The molecule has 5 rings (SSSR count). The number of carbonyl (C=O) groups excluding carboxylic acids is 1. The highest BCUT2D eigenvalue weighted by Crippen LogP contribution is 2.32. The fraction of sp³-hybridized carbons (Fsp3) is 0.242. The van der Waals surface area contributed by atoms with Gasteiger partial charge in [0.25, 0.3) is 5.91 Å². The number of hydrogen-bond donors (Lipinski definition) is 2. The molecule has 6 nitrogen and oxygen atoms in total. The lowest BCUT2D eigenvalue weighted by Gasteiger charge is -2.28. The van der Waals surface area contributed by atoms with E-state index in [2.05, 4.69) is 27.7 Å². The van der Waals surface area contributed by atoms with E-state index in [0.717, 1.165) is 42.9 Å². The van der Waals surface area contributed by atoms with Crippen LogP contribution in [0.15, 0.2) is 103 Å². The molecule has 0 saturated carbocycles. The van der Waals surface area contributed by atoms with E-state index in [1.807, 2.05) is 42.5 Å². The summed E-state index contributed by atoms with van der Waals surface area (Å²) in [6, 6.07) is 29.4. The number of halogens is 3. The molecule has 2 unspecified atom stereocenters. The van der Waals surface area contributed by atoms with Gasteiger partial charge in [0.1, 0.15) is 13.0 Å². The van der Waals surface area contributed by atoms with Crippen molar-refractivity contribution in [3.8, 4) is 11.1 Å². The Kier molecular flexibility index (Phi) is 9.22. The number of nitrogens with one attached hydrogen (secondary N) is 2. The lowest BCUT2D eigenvalue weighted by molar-refractivity contribution is -0.137. The highest BCUT2D eigenvalue weighted by molar-refractivity contribution is 6.08. The zero-order valence-electron chi connectivity index (χ0n) is 23.1. The van der Waals surface area contributed by atoms with Crippen LogP contribution in [0.2, 0.25) is 0 Å². The Morgan fingerprint density at radius 3 is 2.26 bits per heavy atom. The van der Waals surface area contributed by atoms with Gasteiger partial charge in [0.05, 0.1) is 5.56 Å². The predicted molar refractivity (Wildman–Crippen MR) is 157 cm³/mol. The first-order chi connectivity index (χ1) is 20.3. The van der Waals surface area contributed by atoms with Gasteiger partial charge in [0.2, 0.25) is 0 Å². The molecule has 1 heterocycles. The summed E-state index contributed by atoms with van der Waals surface area (Å²) in [6.45, 7) is 1.87. The van der Waals surface area contributed by atoms with E-state index in [1.165, 1.54) is 12.1 Å². The maximum Gasteiger partial charge on any atom is 0.416 e. The quantitative estimate of drug-likeness (QED) is 0.193. The van der Waals surface area contributed by atoms with E-state index < -0.39 is 11.7 Å². The third kappa shape index (κ3) is 7.17. The van der Waals surface area contributed by atoms with E-state index >= 15 is 0 Å². The molecular formula is C33H32F3N3O3. The van der Waals surface area contributed by atoms with Gasteiger partial charge < -0.3 is 20.1 Å². The molecule has 0 bridgehead atoms. The molecule has 1 fully saturated rings. The third-order valence-electron chi connectivity index (χ3n) is 7.19. The maximum atomic E-state index is 13.2. The molecule has 0 aliphatic carbocycles. The number of methoxy groups -OCH3 is 1. The minimum absolute atomic E-state index is 0.194. The number of rotatable bonds is 10. The SMILES string of the molecule is COCOC(c1ccccc1)N1CCC(Nc2ccc(NC(=O)c3ccccc3-c3ccc(C(F)(F)F)cc3)cc2)C1. The first kappa shape index (κ1) is 29.3. The molecule has 0 spiro atoms. The number of likely N-dealkylation sites (tertiary alicyclic amines) is 1. The smallest absolute Gasteiger partial charge is 0.381 e. The molecule has 1 aliphatic heterocycles. The highest BCUT2D eigenvalue weighted by Gasteiger charge is 2.31. The average molecular weight is 576 g/mol. The van der Waals surface area contributed by atoms with Crippen LogP contribution < -0.4 is 10.6 Å². The van der Waals surface area contributed by atoms with E-state index in [4.69, 9.17) is 9.47 Å².